The second kappa shape index (κ2) is 12.8. The van der Waals surface area contributed by atoms with Gasteiger partial charge in [-0.2, -0.15) is 0 Å². The molecule has 0 saturated heterocycles. The van der Waals surface area contributed by atoms with Crippen LogP contribution in [-0.2, 0) is 17.8 Å². The molecule has 0 atom stereocenters. The van der Waals surface area contributed by atoms with E-state index in [4.69, 9.17) is 20.9 Å². The molecule has 1 aromatic heterocycles. The molecular weight excluding hydrogens is 514 g/mol. The quantitative estimate of drug-likeness (QED) is 0.303. The number of nitrogen functional groups attached to an aromatic ring is 2. The van der Waals surface area contributed by atoms with E-state index in [1.165, 1.54) is 16.9 Å². The van der Waals surface area contributed by atoms with Crippen LogP contribution in [0.1, 0.15) is 25.9 Å². The van der Waals surface area contributed by atoms with Gasteiger partial charge in [0.15, 0.2) is 11.6 Å². The zero-order valence-electron chi connectivity index (χ0n) is 21.8. The molecule has 202 valence electrons. The number of anilines is 3. The molecule has 3 aromatic carbocycles. The number of carbonyl (C=O) groups is 2. The molecule has 5 N–H and O–H groups in total. The van der Waals surface area contributed by atoms with E-state index >= 15 is 0 Å². The van der Waals surface area contributed by atoms with Gasteiger partial charge in [0.05, 0.1) is 30.7 Å². The molecule has 9 nitrogen and oxygen atoms in total. The number of nitrogens with zero attached hydrogens (tertiary/aromatic N) is 2. The van der Waals surface area contributed by atoms with Crippen LogP contribution in [-0.4, -0.2) is 42.0 Å². The first-order chi connectivity index (χ1) is 18.8. The predicted octanol–water partition coefficient (Wildman–Crippen LogP) is 4.53. The second-order valence-corrected chi connectivity index (χ2v) is 9.96. The molecule has 39 heavy (non-hydrogen) atoms. The minimum atomic E-state index is -0.309. The lowest BCUT2D eigenvalue weighted by molar-refractivity contribution is -0.134. The maximum absolute atomic E-state index is 12.6. The van der Waals surface area contributed by atoms with E-state index in [1.54, 1.807) is 54.5 Å². The number of nitrogens with two attached hydrogens (primary N) is 2. The van der Waals surface area contributed by atoms with Crippen LogP contribution in [0.5, 0.6) is 11.5 Å². The lowest BCUT2D eigenvalue weighted by atomic mass is 10.2. The molecule has 0 fully saturated rings. The summed E-state index contributed by atoms with van der Waals surface area (Å²) in [5, 5.41) is 3.15. The number of methoxy groups -OCH3 is 1. The van der Waals surface area contributed by atoms with Gasteiger partial charge in [-0.05, 0) is 43.3 Å². The SMILES string of the molecule is COc1cccc(OCC(=O)N2CCc3nc(C(=O)Nc4ccccc4N)sc3C2)c1.Cc1ccc(N)cc1. The molecule has 2 heterocycles. The number of aromatic nitrogens is 1. The summed E-state index contributed by atoms with van der Waals surface area (Å²) in [6.45, 7) is 2.92. The highest BCUT2D eigenvalue weighted by Gasteiger charge is 2.26. The van der Waals surface area contributed by atoms with Gasteiger partial charge in [0, 0.05) is 29.6 Å². The minimum absolute atomic E-state index is 0.0675. The molecule has 0 spiro atoms. The van der Waals surface area contributed by atoms with Crippen LogP contribution >= 0.6 is 11.3 Å². The number of ether oxygens (including phenoxy) is 2. The molecule has 0 bridgehead atoms. The van der Waals surface area contributed by atoms with Crippen molar-refractivity contribution in [3.63, 3.8) is 0 Å². The molecule has 1 aliphatic rings. The molecule has 0 saturated carbocycles. The summed E-state index contributed by atoms with van der Waals surface area (Å²) in [4.78, 5) is 32.3. The number of thiazole rings is 1. The Balaban J connectivity index is 0.000000379. The topological polar surface area (TPSA) is 133 Å². The summed E-state index contributed by atoms with van der Waals surface area (Å²) in [7, 11) is 1.58. The Labute approximate surface area is 231 Å². The van der Waals surface area contributed by atoms with Gasteiger partial charge in [0.25, 0.3) is 11.8 Å². The predicted molar refractivity (Wildman–Crippen MR) is 154 cm³/mol. The monoisotopic (exact) mass is 545 g/mol. The fraction of sp³-hybridized carbons (Fsp3) is 0.207. The Morgan fingerprint density at radius 3 is 2.49 bits per heavy atom. The van der Waals surface area contributed by atoms with Crippen LogP contribution < -0.4 is 26.3 Å². The molecule has 10 heteroatoms. The highest BCUT2D eigenvalue weighted by molar-refractivity contribution is 7.13. The van der Waals surface area contributed by atoms with E-state index in [1.807, 2.05) is 37.3 Å². The number of aryl methyl sites for hydroxylation is 1. The van der Waals surface area contributed by atoms with Crippen LogP contribution in [0.3, 0.4) is 0 Å². The Morgan fingerprint density at radius 2 is 1.77 bits per heavy atom. The average molecular weight is 546 g/mol. The average Bonchev–Trinajstić information content (AvgIpc) is 3.39. The fourth-order valence-corrected chi connectivity index (χ4v) is 4.80. The van der Waals surface area contributed by atoms with Gasteiger partial charge in [0.1, 0.15) is 11.5 Å². The summed E-state index contributed by atoms with van der Waals surface area (Å²) in [5.74, 6) is 0.809. The zero-order valence-corrected chi connectivity index (χ0v) is 22.7. The van der Waals surface area contributed by atoms with Gasteiger partial charge in [0.2, 0.25) is 0 Å². The number of carbonyl (C=O) groups excluding carboxylic acids is 2. The number of benzene rings is 3. The lowest BCUT2D eigenvalue weighted by Gasteiger charge is -2.26. The van der Waals surface area contributed by atoms with E-state index in [9.17, 15) is 9.59 Å². The third kappa shape index (κ3) is 7.48. The van der Waals surface area contributed by atoms with Crippen molar-refractivity contribution in [1.82, 2.24) is 9.88 Å². The largest absolute Gasteiger partial charge is 0.497 e. The number of amides is 2. The Kier molecular flexibility index (Phi) is 9.01. The summed E-state index contributed by atoms with van der Waals surface area (Å²) in [5.41, 5.74) is 15.3. The maximum Gasteiger partial charge on any atom is 0.284 e. The van der Waals surface area contributed by atoms with Gasteiger partial charge in [-0.3, -0.25) is 9.59 Å². The van der Waals surface area contributed by atoms with Crippen LogP contribution in [0.25, 0.3) is 0 Å². The third-order valence-electron chi connectivity index (χ3n) is 5.97. The van der Waals surface area contributed by atoms with E-state index in [0.717, 1.165) is 16.3 Å². The highest BCUT2D eigenvalue weighted by Crippen LogP contribution is 2.27. The highest BCUT2D eigenvalue weighted by atomic mass is 32.1. The van der Waals surface area contributed by atoms with E-state index in [0.29, 0.717) is 47.4 Å². The fourth-order valence-electron chi connectivity index (χ4n) is 3.79. The van der Waals surface area contributed by atoms with Crippen LogP contribution in [0.2, 0.25) is 0 Å². The van der Waals surface area contributed by atoms with Crippen molar-refractivity contribution in [3.05, 3.63) is 93.9 Å². The van der Waals surface area contributed by atoms with Crippen molar-refractivity contribution in [1.29, 1.82) is 0 Å². The van der Waals surface area contributed by atoms with Crippen molar-refractivity contribution in [2.45, 2.75) is 19.9 Å². The first-order valence-corrected chi connectivity index (χ1v) is 13.1. The zero-order chi connectivity index (χ0) is 27.8. The van der Waals surface area contributed by atoms with E-state index in [2.05, 4.69) is 10.3 Å². The number of nitrogens with one attached hydrogen (secondary N) is 1. The smallest absolute Gasteiger partial charge is 0.284 e. The van der Waals surface area contributed by atoms with Gasteiger partial charge in [-0.15, -0.1) is 11.3 Å². The van der Waals surface area contributed by atoms with Crippen molar-refractivity contribution < 1.29 is 19.1 Å². The molecule has 0 aliphatic carbocycles. The second-order valence-electron chi connectivity index (χ2n) is 8.87. The molecule has 1 aliphatic heterocycles. The van der Waals surface area contributed by atoms with Crippen LogP contribution in [0.4, 0.5) is 17.1 Å². The molecule has 2 amide bonds. The Bertz CT molecular complexity index is 1420. The summed E-state index contributed by atoms with van der Waals surface area (Å²) >= 11 is 1.29. The molecule has 0 radical (unpaired) electrons. The Hall–Kier alpha value is -4.57. The minimum Gasteiger partial charge on any atom is -0.497 e. The summed E-state index contributed by atoms with van der Waals surface area (Å²) in [6.07, 6.45) is 0.595. The first kappa shape index (κ1) is 27.5. The third-order valence-corrected chi connectivity index (χ3v) is 7.05. The van der Waals surface area contributed by atoms with Crippen molar-refractivity contribution >= 4 is 40.2 Å². The van der Waals surface area contributed by atoms with Gasteiger partial charge in [-0.25, -0.2) is 4.98 Å². The van der Waals surface area contributed by atoms with Crippen molar-refractivity contribution in [3.8, 4) is 11.5 Å². The number of hydrogen-bond acceptors (Lipinski definition) is 8. The summed E-state index contributed by atoms with van der Waals surface area (Å²) < 4.78 is 10.8. The normalized spacial score (nSPS) is 12.0. The summed E-state index contributed by atoms with van der Waals surface area (Å²) in [6, 6.07) is 22.0. The van der Waals surface area contributed by atoms with Gasteiger partial charge in [-0.1, -0.05) is 35.9 Å². The van der Waals surface area contributed by atoms with Gasteiger partial charge < -0.3 is 31.2 Å². The Morgan fingerprint density at radius 1 is 1.03 bits per heavy atom. The van der Waals surface area contributed by atoms with Gasteiger partial charge >= 0.3 is 0 Å². The molecule has 0 unspecified atom stereocenters. The molecule has 4 aromatic rings. The number of rotatable bonds is 6. The first-order valence-electron chi connectivity index (χ1n) is 12.3. The van der Waals surface area contributed by atoms with E-state index in [-0.39, 0.29) is 18.4 Å². The van der Waals surface area contributed by atoms with E-state index < -0.39 is 0 Å². The van der Waals surface area contributed by atoms with Crippen molar-refractivity contribution in [2.24, 2.45) is 0 Å². The standard InChI is InChI=1S/C22H22N4O4S.C7H9N/c1-29-14-5-4-6-15(11-14)30-13-20(27)26-10-9-18-19(12-26)31-22(25-18)21(28)24-17-8-3-2-7-16(17)23;1-6-2-4-7(8)5-3-6/h2-8,11H,9-10,12-13,23H2,1H3,(H,24,28);2-5H,8H2,1H3. The van der Waals surface area contributed by atoms with Crippen LogP contribution in [0, 0.1) is 6.92 Å². The lowest BCUT2D eigenvalue weighted by Crippen LogP contribution is -2.38. The molecular formula is C29H31N5O4S. The molecule has 5 rings (SSSR count). The van der Waals surface area contributed by atoms with Crippen molar-refractivity contribution in [2.75, 3.05) is 37.0 Å². The number of hydrogen-bond donors (Lipinski definition) is 3. The van der Waals surface area contributed by atoms with Crippen LogP contribution in [0.15, 0.2) is 72.8 Å². The number of fused-ring (bicyclic) bond motifs is 1. The number of para-hydroxylation sites is 2. The maximum atomic E-state index is 12.6.